The number of para-hydroxylation sites is 1. The van der Waals surface area contributed by atoms with E-state index in [4.69, 9.17) is 4.74 Å². The van der Waals surface area contributed by atoms with Crippen LogP contribution in [0.2, 0.25) is 0 Å². The lowest BCUT2D eigenvalue weighted by molar-refractivity contribution is -0.117. The number of piperidine rings is 1. The van der Waals surface area contributed by atoms with Crippen molar-refractivity contribution in [1.82, 2.24) is 9.62 Å². The van der Waals surface area contributed by atoms with Crippen LogP contribution in [-0.2, 0) is 14.8 Å². The summed E-state index contributed by atoms with van der Waals surface area (Å²) in [6.07, 6.45) is 2.34. The van der Waals surface area contributed by atoms with Crippen molar-refractivity contribution in [3.05, 3.63) is 67.3 Å². The van der Waals surface area contributed by atoms with Gasteiger partial charge < -0.3 is 10.1 Å². The first-order valence-corrected chi connectivity index (χ1v) is 11.0. The molecule has 6 nitrogen and oxygen atoms in total. The summed E-state index contributed by atoms with van der Waals surface area (Å²) in [6.45, 7) is 7.20. The maximum absolute atomic E-state index is 13.2. The van der Waals surface area contributed by atoms with Crippen LogP contribution in [0.1, 0.15) is 26.7 Å². The third-order valence-corrected chi connectivity index (χ3v) is 7.17. The molecule has 7 heteroatoms. The molecule has 2 unspecified atom stereocenters. The van der Waals surface area contributed by atoms with E-state index in [0.29, 0.717) is 24.3 Å². The Bertz CT molecular complexity index is 946. The molecule has 1 N–H and O–H groups in total. The summed E-state index contributed by atoms with van der Waals surface area (Å²) < 4.78 is 33.8. The smallest absolute Gasteiger partial charge is 0.243 e. The summed E-state index contributed by atoms with van der Waals surface area (Å²) in [5.41, 5.74) is 0. The van der Waals surface area contributed by atoms with Gasteiger partial charge in [0.05, 0.1) is 4.90 Å². The van der Waals surface area contributed by atoms with Gasteiger partial charge in [0.15, 0.2) is 0 Å². The summed E-state index contributed by atoms with van der Waals surface area (Å²) in [6, 6.07) is 15.2. The first-order chi connectivity index (χ1) is 13.8. The molecule has 0 saturated carbocycles. The molecule has 1 amide bonds. The van der Waals surface area contributed by atoms with E-state index in [1.807, 2.05) is 44.2 Å². The van der Waals surface area contributed by atoms with Crippen molar-refractivity contribution in [2.45, 2.75) is 49.7 Å². The molecule has 2 aromatic rings. The molecular weight excluding hydrogens is 388 g/mol. The largest absolute Gasteiger partial charge is 0.457 e. The Balaban J connectivity index is 1.74. The normalized spacial score (nSPS) is 22.6. The summed E-state index contributed by atoms with van der Waals surface area (Å²) in [5.74, 6) is 1.02. The van der Waals surface area contributed by atoms with Gasteiger partial charge in [-0.3, -0.25) is 4.79 Å². The number of nitrogens with one attached hydrogen (secondary N) is 1. The summed E-state index contributed by atoms with van der Waals surface area (Å²) in [4.78, 5) is 11.8. The average molecular weight is 415 g/mol. The van der Waals surface area contributed by atoms with Gasteiger partial charge in [0, 0.05) is 18.1 Å². The summed E-state index contributed by atoms with van der Waals surface area (Å²) in [7, 11) is -3.66. The summed E-state index contributed by atoms with van der Waals surface area (Å²) >= 11 is 0. The van der Waals surface area contributed by atoms with Gasteiger partial charge in [-0.2, -0.15) is 4.31 Å². The highest BCUT2D eigenvalue weighted by Crippen LogP contribution is 2.31. The van der Waals surface area contributed by atoms with Crippen LogP contribution < -0.4 is 10.1 Å². The topological polar surface area (TPSA) is 75.7 Å². The predicted octanol–water partition coefficient (Wildman–Crippen LogP) is 3.71. The quantitative estimate of drug-likeness (QED) is 0.731. The molecule has 29 heavy (non-hydrogen) atoms. The highest BCUT2D eigenvalue weighted by atomic mass is 32.2. The molecule has 1 aliphatic heterocycles. The lowest BCUT2D eigenvalue weighted by Gasteiger charge is -2.41. The minimum absolute atomic E-state index is 0.0707. The van der Waals surface area contributed by atoms with Gasteiger partial charge in [-0.1, -0.05) is 24.8 Å². The Morgan fingerprint density at radius 2 is 1.59 bits per heavy atom. The number of carbonyl (C=O) groups excluding carboxylic acids is 1. The molecule has 3 rings (SSSR count). The zero-order valence-corrected chi connectivity index (χ0v) is 17.4. The van der Waals surface area contributed by atoms with Crippen molar-refractivity contribution in [2.24, 2.45) is 0 Å². The Labute approximate surface area is 172 Å². The Hall–Kier alpha value is -2.64. The average Bonchev–Trinajstić information content (AvgIpc) is 2.68. The van der Waals surface area contributed by atoms with Crippen molar-refractivity contribution in [1.29, 1.82) is 0 Å². The van der Waals surface area contributed by atoms with E-state index in [1.165, 1.54) is 10.4 Å². The fourth-order valence-electron chi connectivity index (χ4n) is 3.84. The number of nitrogens with zero attached hydrogens (tertiary/aromatic N) is 1. The standard InChI is InChI=1S/C22H26N2O4S/c1-4-22(25)23-18-14-16(2)24(17(3)15-18)29(26,27)21-12-10-20(11-13-21)28-19-8-6-5-7-9-19/h4-13,16-18H,1,14-15H2,2-3H3,(H,23,25). The molecule has 0 radical (unpaired) electrons. The summed E-state index contributed by atoms with van der Waals surface area (Å²) in [5, 5.41) is 2.88. The second-order valence-electron chi connectivity index (χ2n) is 7.30. The van der Waals surface area contributed by atoms with Gasteiger partial charge in [-0.25, -0.2) is 8.42 Å². The number of rotatable bonds is 6. The molecule has 1 fully saturated rings. The molecular formula is C22H26N2O4S. The van der Waals surface area contributed by atoms with Crippen molar-refractivity contribution < 1.29 is 17.9 Å². The third kappa shape index (κ3) is 4.86. The lowest BCUT2D eigenvalue weighted by atomic mass is 9.95. The second kappa shape index (κ2) is 8.80. The van der Waals surface area contributed by atoms with Crippen LogP contribution in [0.3, 0.4) is 0 Å². The van der Waals surface area contributed by atoms with E-state index in [2.05, 4.69) is 11.9 Å². The van der Waals surface area contributed by atoms with Gasteiger partial charge >= 0.3 is 0 Å². The maximum atomic E-state index is 13.2. The molecule has 0 bridgehead atoms. The number of hydrogen-bond donors (Lipinski definition) is 1. The first kappa shape index (κ1) is 21.1. The van der Waals surface area contributed by atoms with Gasteiger partial charge in [0.25, 0.3) is 0 Å². The van der Waals surface area contributed by atoms with Gasteiger partial charge in [-0.15, -0.1) is 0 Å². The second-order valence-corrected chi connectivity index (χ2v) is 9.14. The van der Waals surface area contributed by atoms with E-state index in [0.717, 1.165) is 0 Å². The number of carbonyl (C=O) groups is 1. The van der Waals surface area contributed by atoms with Gasteiger partial charge in [-0.05, 0) is 69.2 Å². The molecule has 1 aliphatic rings. The molecule has 154 valence electrons. The van der Waals surface area contributed by atoms with Crippen molar-refractivity contribution >= 4 is 15.9 Å². The molecule has 0 spiro atoms. The number of amides is 1. The van der Waals surface area contributed by atoms with Crippen LogP contribution in [0.15, 0.2) is 72.1 Å². The monoisotopic (exact) mass is 414 g/mol. The number of sulfonamides is 1. The van der Waals surface area contributed by atoms with Crippen LogP contribution >= 0.6 is 0 Å². The van der Waals surface area contributed by atoms with Crippen molar-refractivity contribution in [3.8, 4) is 11.5 Å². The van der Waals surface area contributed by atoms with E-state index >= 15 is 0 Å². The molecule has 1 saturated heterocycles. The van der Waals surface area contributed by atoms with E-state index in [9.17, 15) is 13.2 Å². The number of hydrogen-bond acceptors (Lipinski definition) is 4. The van der Waals surface area contributed by atoms with E-state index in [-0.39, 0.29) is 28.9 Å². The van der Waals surface area contributed by atoms with Crippen LogP contribution in [0.5, 0.6) is 11.5 Å². The zero-order valence-electron chi connectivity index (χ0n) is 16.6. The van der Waals surface area contributed by atoms with E-state index < -0.39 is 10.0 Å². The lowest BCUT2D eigenvalue weighted by Crippen LogP contribution is -2.54. The third-order valence-electron chi connectivity index (χ3n) is 5.03. The fraction of sp³-hybridized carbons (Fsp3) is 0.318. The number of benzene rings is 2. The first-order valence-electron chi connectivity index (χ1n) is 9.60. The Kier molecular flexibility index (Phi) is 6.39. The molecule has 0 aliphatic carbocycles. The SMILES string of the molecule is C=CC(=O)NC1CC(C)N(S(=O)(=O)c2ccc(Oc3ccccc3)cc2)C(C)C1. The molecule has 2 aromatic carbocycles. The molecule has 0 aromatic heterocycles. The predicted molar refractivity (Wildman–Crippen MR) is 112 cm³/mol. The van der Waals surface area contributed by atoms with Crippen molar-refractivity contribution in [2.75, 3.05) is 0 Å². The highest BCUT2D eigenvalue weighted by Gasteiger charge is 2.39. The minimum Gasteiger partial charge on any atom is -0.457 e. The Morgan fingerprint density at radius 3 is 2.14 bits per heavy atom. The van der Waals surface area contributed by atoms with Crippen LogP contribution in [-0.4, -0.2) is 36.8 Å². The Morgan fingerprint density at radius 1 is 1.03 bits per heavy atom. The van der Waals surface area contributed by atoms with Crippen molar-refractivity contribution in [3.63, 3.8) is 0 Å². The van der Waals surface area contributed by atoms with Gasteiger partial charge in [0.1, 0.15) is 11.5 Å². The maximum Gasteiger partial charge on any atom is 0.243 e. The zero-order chi connectivity index (χ0) is 21.0. The minimum atomic E-state index is -3.66. The van der Waals surface area contributed by atoms with Gasteiger partial charge in [0.2, 0.25) is 15.9 Å². The molecule has 2 atom stereocenters. The van der Waals surface area contributed by atoms with Crippen LogP contribution in [0.25, 0.3) is 0 Å². The molecule has 1 heterocycles. The van der Waals surface area contributed by atoms with Crippen LogP contribution in [0, 0.1) is 0 Å². The fourth-order valence-corrected chi connectivity index (χ4v) is 5.68. The highest BCUT2D eigenvalue weighted by molar-refractivity contribution is 7.89. The van der Waals surface area contributed by atoms with E-state index in [1.54, 1.807) is 24.3 Å². The van der Waals surface area contributed by atoms with Crippen LogP contribution in [0.4, 0.5) is 0 Å². The number of ether oxygens (including phenoxy) is 1.